The molecule has 134 valence electrons. The van der Waals surface area contributed by atoms with E-state index in [0.29, 0.717) is 18.3 Å². The Hall–Kier alpha value is -2.17. The molecule has 1 atom stereocenters. The van der Waals surface area contributed by atoms with Crippen molar-refractivity contribution >= 4 is 5.91 Å². The molecule has 25 heavy (non-hydrogen) atoms. The van der Waals surface area contributed by atoms with E-state index in [-0.39, 0.29) is 17.2 Å². The van der Waals surface area contributed by atoms with Gasteiger partial charge in [0, 0.05) is 31.5 Å². The predicted octanol–water partition coefficient (Wildman–Crippen LogP) is 4.05. The molecule has 1 unspecified atom stereocenters. The number of nitrogens with zero attached hydrogens (tertiary/aromatic N) is 3. The van der Waals surface area contributed by atoms with E-state index in [0.717, 1.165) is 31.4 Å². The van der Waals surface area contributed by atoms with Crippen molar-refractivity contribution in [3.05, 3.63) is 35.7 Å². The van der Waals surface area contributed by atoms with Crippen LogP contribution in [0, 0.1) is 5.41 Å². The van der Waals surface area contributed by atoms with Gasteiger partial charge in [0.25, 0.3) is 5.89 Å². The Morgan fingerprint density at radius 2 is 2.08 bits per heavy atom. The van der Waals surface area contributed by atoms with Gasteiger partial charge in [0.15, 0.2) is 5.82 Å². The summed E-state index contributed by atoms with van der Waals surface area (Å²) in [6, 6.07) is 8.22. The molecule has 0 bridgehead atoms. The average Bonchev–Trinajstić information content (AvgIpc) is 3.04. The molecule has 2 heterocycles. The highest BCUT2D eigenvalue weighted by molar-refractivity contribution is 5.73. The summed E-state index contributed by atoms with van der Waals surface area (Å²) in [7, 11) is 0. The van der Waals surface area contributed by atoms with E-state index in [1.165, 1.54) is 5.56 Å². The summed E-state index contributed by atoms with van der Waals surface area (Å²) >= 11 is 0. The number of benzene rings is 1. The van der Waals surface area contributed by atoms with Crippen LogP contribution in [0.4, 0.5) is 0 Å². The molecule has 3 rings (SSSR count). The molecule has 1 aliphatic rings. The summed E-state index contributed by atoms with van der Waals surface area (Å²) in [5.41, 5.74) is 2.42. The third-order valence-corrected chi connectivity index (χ3v) is 4.64. The van der Waals surface area contributed by atoms with Crippen LogP contribution < -0.4 is 0 Å². The number of hydrogen-bond donors (Lipinski definition) is 0. The van der Waals surface area contributed by atoms with Crippen LogP contribution in [-0.4, -0.2) is 34.0 Å². The molecule has 1 amide bonds. The number of carbonyl (C=O) groups excluding carboxylic acids is 1. The van der Waals surface area contributed by atoms with Crippen molar-refractivity contribution in [1.82, 2.24) is 15.0 Å². The van der Waals surface area contributed by atoms with Gasteiger partial charge in [0.2, 0.25) is 5.91 Å². The molecular weight excluding hydrogens is 314 g/mol. The summed E-state index contributed by atoms with van der Waals surface area (Å²) in [4.78, 5) is 18.2. The van der Waals surface area contributed by atoms with Gasteiger partial charge in [-0.1, -0.05) is 44.1 Å². The maximum atomic E-state index is 11.6. The van der Waals surface area contributed by atoms with Crippen molar-refractivity contribution in [3.8, 4) is 11.5 Å². The summed E-state index contributed by atoms with van der Waals surface area (Å²) < 4.78 is 5.59. The Kier molecular flexibility index (Phi) is 4.93. The van der Waals surface area contributed by atoms with Crippen LogP contribution in [0.1, 0.15) is 57.8 Å². The zero-order valence-corrected chi connectivity index (χ0v) is 15.6. The number of rotatable bonds is 3. The molecule has 0 saturated carbocycles. The molecule has 1 aromatic heterocycles. The van der Waals surface area contributed by atoms with Crippen LogP contribution in [0.2, 0.25) is 0 Å². The molecule has 5 heteroatoms. The van der Waals surface area contributed by atoms with Crippen LogP contribution in [0.15, 0.2) is 28.8 Å². The summed E-state index contributed by atoms with van der Waals surface area (Å²) in [6.45, 7) is 9.79. The van der Waals surface area contributed by atoms with E-state index in [1.807, 2.05) is 23.1 Å². The molecule has 5 nitrogen and oxygen atoms in total. The van der Waals surface area contributed by atoms with Gasteiger partial charge in [-0.2, -0.15) is 4.98 Å². The number of aromatic nitrogens is 2. The Bertz CT molecular complexity index is 745. The van der Waals surface area contributed by atoms with Crippen molar-refractivity contribution in [3.63, 3.8) is 0 Å². The highest BCUT2D eigenvalue weighted by Crippen LogP contribution is 2.31. The molecule has 0 N–H and O–H groups in total. The third-order valence-electron chi connectivity index (χ3n) is 4.64. The first-order valence-electron chi connectivity index (χ1n) is 9.01. The lowest BCUT2D eigenvalue weighted by Crippen LogP contribution is -2.37. The second-order valence-electron chi connectivity index (χ2n) is 8.16. The third kappa shape index (κ3) is 4.27. The highest BCUT2D eigenvalue weighted by atomic mass is 16.5. The average molecular weight is 341 g/mol. The van der Waals surface area contributed by atoms with Gasteiger partial charge in [-0.05, 0) is 36.3 Å². The first-order chi connectivity index (χ1) is 11.8. The Morgan fingerprint density at radius 1 is 1.32 bits per heavy atom. The fourth-order valence-electron chi connectivity index (χ4n) is 3.44. The van der Waals surface area contributed by atoms with Crippen molar-refractivity contribution < 1.29 is 9.32 Å². The second kappa shape index (κ2) is 6.98. The van der Waals surface area contributed by atoms with Crippen LogP contribution in [0.5, 0.6) is 0 Å². The van der Waals surface area contributed by atoms with Crippen LogP contribution >= 0.6 is 0 Å². The topological polar surface area (TPSA) is 59.2 Å². The largest absolute Gasteiger partial charge is 0.342 e. The predicted molar refractivity (Wildman–Crippen MR) is 97.1 cm³/mol. The number of amides is 1. The first-order valence-corrected chi connectivity index (χ1v) is 9.01. The SMILES string of the molecule is CC(=O)N1CCCC(c2noc(-c3ccccc3CC(C)(C)C)n2)C1. The quantitative estimate of drug-likeness (QED) is 0.845. The normalized spacial score (nSPS) is 18.4. The molecule has 1 aromatic carbocycles. The van der Waals surface area contributed by atoms with Gasteiger partial charge in [-0.15, -0.1) is 0 Å². The minimum absolute atomic E-state index is 0.115. The van der Waals surface area contributed by atoms with Crippen molar-refractivity contribution in [2.75, 3.05) is 13.1 Å². The fraction of sp³-hybridized carbons (Fsp3) is 0.550. The van der Waals surface area contributed by atoms with Gasteiger partial charge in [-0.3, -0.25) is 4.79 Å². The lowest BCUT2D eigenvalue weighted by molar-refractivity contribution is -0.130. The number of likely N-dealkylation sites (tertiary alicyclic amines) is 1. The van der Waals surface area contributed by atoms with Crippen LogP contribution in [0.3, 0.4) is 0 Å². The Labute approximate surface area is 149 Å². The number of carbonyl (C=O) groups is 1. The van der Waals surface area contributed by atoms with Gasteiger partial charge in [0.05, 0.1) is 0 Å². The number of piperidine rings is 1. The molecule has 1 aliphatic heterocycles. The highest BCUT2D eigenvalue weighted by Gasteiger charge is 2.27. The Morgan fingerprint density at radius 3 is 2.80 bits per heavy atom. The van der Waals surface area contributed by atoms with Gasteiger partial charge >= 0.3 is 0 Å². The smallest absolute Gasteiger partial charge is 0.258 e. The van der Waals surface area contributed by atoms with E-state index in [2.05, 4.69) is 37.0 Å². The monoisotopic (exact) mass is 341 g/mol. The maximum Gasteiger partial charge on any atom is 0.258 e. The van der Waals surface area contributed by atoms with Gasteiger partial charge < -0.3 is 9.42 Å². The first kappa shape index (κ1) is 17.6. The van der Waals surface area contributed by atoms with Crippen molar-refractivity contribution in [1.29, 1.82) is 0 Å². The minimum Gasteiger partial charge on any atom is -0.342 e. The zero-order chi connectivity index (χ0) is 18.0. The molecule has 1 saturated heterocycles. The molecular formula is C20H27N3O2. The van der Waals surface area contributed by atoms with E-state index in [1.54, 1.807) is 6.92 Å². The van der Waals surface area contributed by atoms with E-state index in [4.69, 9.17) is 4.52 Å². The number of hydrogen-bond acceptors (Lipinski definition) is 4. The molecule has 1 fully saturated rings. The van der Waals surface area contributed by atoms with Crippen LogP contribution in [-0.2, 0) is 11.2 Å². The maximum absolute atomic E-state index is 11.6. The second-order valence-corrected chi connectivity index (χ2v) is 8.16. The molecule has 0 aliphatic carbocycles. The molecule has 0 spiro atoms. The van der Waals surface area contributed by atoms with Crippen molar-refractivity contribution in [2.45, 2.75) is 52.9 Å². The summed E-state index contributed by atoms with van der Waals surface area (Å²) in [6.07, 6.45) is 2.92. The lowest BCUT2D eigenvalue weighted by Gasteiger charge is -2.30. The standard InChI is InChI=1S/C20H27N3O2/c1-14(24)23-11-7-9-16(13-23)18-21-19(25-22-18)17-10-6-5-8-15(17)12-20(2,3)4/h5-6,8,10,16H,7,9,11-13H2,1-4H3. The lowest BCUT2D eigenvalue weighted by atomic mass is 9.86. The summed E-state index contributed by atoms with van der Waals surface area (Å²) in [5.74, 6) is 1.56. The van der Waals surface area contributed by atoms with Gasteiger partial charge in [0.1, 0.15) is 0 Å². The van der Waals surface area contributed by atoms with E-state index < -0.39 is 0 Å². The molecule has 0 radical (unpaired) electrons. The van der Waals surface area contributed by atoms with E-state index in [9.17, 15) is 4.79 Å². The minimum atomic E-state index is 0.115. The van der Waals surface area contributed by atoms with Gasteiger partial charge in [-0.25, -0.2) is 0 Å². The van der Waals surface area contributed by atoms with Crippen molar-refractivity contribution in [2.24, 2.45) is 5.41 Å². The van der Waals surface area contributed by atoms with E-state index >= 15 is 0 Å². The zero-order valence-electron chi connectivity index (χ0n) is 15.6. The van der Waals surface area contributed by atoms with Crippen LogP contribution in [0.25, 0.3) is 11.5 Å². The molecule has 2 aromatic rings. The Balaban J connectivity index is 1.84. The summed E-state index contributed by atoms with van der Waals surface area (Å²) in [5, 5.41) is 4.22. The fourth-order valence-corrected chi connectivity index (χ4v) is 3.44.